The van der Waals surface area contributed by atoms with E-state index in [1.54, 1.807) is 0 Å². The van der Waals surface area contributed by atoms with Gasteiger partial charge in [0.25, 0.3) is 0 Å². The van der Waals surface area contributed by atoms with Gasteiger partial charge in [0.15, 0.2) is 0 Å². The number of pyridine rings is 1. The first-order valence-electron chi connectivity index (χ1n) is 6.39. The van der Waals surface area contributed by atoms with Crippen LogP contribution in [0.15, 0.2) is 18.3 Å². The fraction of sp³-hybridized carbons (Fsp3) is 0.643. The van der Waals surface area contributed by atoms with Gasteiger partial charge in [0.05, 0.1) is 6.20 Å². The Balaban J connectivity index is 1.98. The topological polar surface area (TPSA) is 34.1 Å². The number of aromatic nitrogens is 1. The lowest BCUT2D eigenvalue weighted by atomic mass is 9.92. The van der Waals surface area contributed by atoms with Crippen LogP contribution in [0.4, 0.5) is 0 Å². The van der Waals surface area contributed by atoms with Gasteiger partial charge in [-0.3, -0.25) is 4.98 Å². The van der Waals surface area contributed by atoms with Crippen molar-refractivity contribution in [2.75, 3.05) is 13.1 Å². The Kier molecular flexibility index (Phi) is 3.67. The fourth-order valence-corrected chi connectivity index (χ4v) is 2.01. The molecule has 1 aliphatic heterocycles. The van der Waals surface area contributed by atoms with Crippen molar-refractivity contribution in [2.45, 2.75) is 45.1 Å². The molecule has 1 fully saturated rings. The standard InChI is InChI=1S/C14H22N2O/c1-14(2,3)13-7-6-12(10-16-13)17-11-5-4-8-15-9-11/h6-7,10-11,15H,4-5,8-9H2,1-3H3/t11-/m1/s1. The SMILES string of the molecule is CC(C)(C)c1ccc(O[C@@H]2CCCNC2)cn1. The molecule has 1 aliphatic rings. The van der Waals surface area contributed by atoms with Crippen molar-refractivity contribution in [1.29, 1.82) is 0 Å². The summed E-state index contributed by atoms with van der Waals surface area (Å²) in [6, 6.07) is 4.09. The first-order valence-corrected chi connectivity index (χ1v) is 6.39. The number of ether oxygens (including phenoxy) is 1. The Morgan fingerprint density at radius 3 is 2.71 bits per heavy atom. The lowest BCUT2D eigenvalue weighted by molar-refractivity contribution is 0.166. The first-order chi connectivity index (χ1) is 8.05. The summed E-state index contributed by atoms with van der Waals surface area (Å²) in [6.07, 6.45) is 4.47. The highest BCUT2D eigenvalue weighted by Gasteiger charge is 2.17. The summed E-state index contributed by atoms with van der Waals surface area (Å²) < 4.78 is 5.90. The van der Waals surface area contributed by atoms with E-state index in [0.29, 0.717) is 6.10 Å². The zero-order valence-corrected chi connectivity index (χ0v) is 11.0. The highest BCUT2D eigenvalue weighted by Crippen LogP contribution is 2.22. The maximum atomic E-state index is 5.90. The molecule has 0 saturated carbocycles. The normalized spacial score (nSPS) is 21.2. The van der Waals surface area contributed by atoms with Crippen LogP contribution in [0.1, 0.15) is 39.3 Å². The molecule has 3 nitrogen and oxygen atoms in total. The summed E-state index contributed by atoms with van der Waals surface area (Å²) in [6.45, 7) is 8.56. The molecule has 0 unspecified atom stereocenters. The van der Waals surface area contributed by atoms with Crippen LogP contribution < -0.4 is 10.1 Å². The third-order valence-electron chi connectivity index (χ3n) is 3.06. The van der Waals surface area contributed by atoms with Crippen molar-refractivity contribution in [1.82, 2.24) is 10.3 Å². The number of rotatable bonds is 2. The van der Waals surface area contributed by atoms with Gasteiger partial charge in [-0.05, 0) is 31.5 Å². The Labute approximate surface area is 104 Å². The molecule has 1 atom stereocenters. The second kappa shape index (κ2) is 5.05. The molecule has 2 heterocycles. The van der Waals surface area contributed by atoms with Crippen LogP contribution in [0.3, 0.4) is 0 Å². The number of hydrogen-bond donors (Lipinski definition) is 1. The van der Waals surface area contributed by atoms with Gasteiger partial charge in [-0.25, -0.2) is 0 Å². The molecule has 2 rings (SSSR count). The largest absolute Gasteiger partial charge is 0.487 e. The van der Waals surface area contributed by atoms with E-state index in [9.17, 15) is 0 Å². The molecule has 0 bridgehead atoms. The van der Waals surface area contributed by atoms with Crippen LogP contribution >= 0.6 is 0 Å². The van der Waals surface area contributed by atoms with Crippen molar-refractivity contribution in [3.05, 3.63) is 24.0 Å². The van der Waals surface area contributed by atoms with Crippen molar-refractivity contribution in [3.63, 3.8) is 0 Å². The lowest BCUT2D eigenvalue weighted by Crippen LogP contribution is -2.37. The first kappa shape index (κ1) is 12.4. The van der Waals surface area contributed by atoms with E-state index in [1.807, 2.05) is 12.3 Å². The molecule has 0 radical (unpaired) electrons. The molecule has 0 aliphatic carbocycles. The van der Waals surface area contributed by atoms with Gasteiger partial charge in [-0.15, -0.1) is 0 Å². The summed E-state index contributed by atoms with van der Waals surface area (Å²) in [7, 11) is 0. The predicted molar refractivity (Wildman–Crippen MR) is 69.5 cm³/mol. The van der Waals surface area contributed by atoms with E-state index in [-0.39, 0.29) is 5.41 Å². The molecular weight excluding hydrogens is 212 g/mol. The second-order valence-corrected chi connectivity index (χ2v) is 5.72. The number of nitrogens with one attached hydrogen (secondary N) is 1. The average Bonchev–Trinajstić information content (AvgIpc) is 2.30. The van der Waals surface area contributed by atoms with Gasteiger partial charge in [-0.1, -0.05) is 20.8 Å². The molecule has 1 saturated heterocycles. The minimum Gasteiger partial charge on any atom is -0.487 e. The van der Waals surface area contributed by atoms with Crippen molar-refractivity contribution in [2.24, 2.45) is 0 Å². The Hall–Kier alpha value is -1.09. The predicted octanol–water partition coefficient (Wildman–Crippen LogP) is 2.51. The molecule has 0 spiro atoms. The maximum absolute atomic E-state index is 5.90. The molecule has 0 aromatic carbocycles. The van der Waals surface area contributed by atoms with Crippen LogP contribution in [0.2, 0.25) is 0 Å². The van der Waals surface area contributed by atoms with Gasteiger partial charge in [0.1, 0.15) is 11.9 Å². The molecule has 1 aromatic rings. The molecule has 1 N–H and O–H groups in total. The van der Waals surface area contributed by atoms with E-state index in [4.69, 9.17) is 4.74 Å². The Morgan fingerprint density at radius 1 is 1.35 bits per heavy atom. The molecule has 17 heavy (non-hydrogen) atoms. The minimum absolute atomic E-state index is 0.102. The molecule has 94 valence electrons. The zero-order valence-electron chi connectivity index (χ0n) is 11.0. The summed E-state index contributed by atoms with van der Waals surface area (Å²) >= 11 is 0. The zero-order chi connectivity index (χ0) is 12.3. The van der Waals surface area contributed by atoms with E-state index in [1.165, 1.54) is 6.42 Å². The molecule has 1 aromatic heterocycles. The third-order valence-corrected chi connectivity index (χ3v) is 3.06. The Morgan fingerprint density at radius 2 is 2.18 bits per heavy atom. The van der Waals surface area contributed by atoms with Gasteiger partial charge < -0.3 is 10.1 Å². The van der Waals surface area contributed by atoms with Gasteiger partial charge in [-0.2, -0.15) is 0 Å². The van der Waals surface area contributed by atoms with Gasteiger partial charge >= 0.3 is 0 Å². The van der Waals surface area contributed by atoms with E-state index in [2.05, 4.69) is 37.1 Å². The van der Waals surface area contributed by atoms with Gasteiger partial charge in [0.2, 0.25) is 0 Å². The highest BCUT2D eigenvalue weighted by atomic mass is 16.5. The van der Waals surface area contributed by atoms with Crippen LogP contribution in [-0.4, -0.2) is 24.2 Å². The molecular formula is C14H22N2O. The van der Waals surface area contributed by atoms with Crippen LogP contribution in [0.25, 0.3) is 0 Å². The van der Waals surface area contributed by atoms with E-state index in [0.717, 1.165) is 31.0 Å². The van der Waals surface area contributed by atoms with Crippen molar-refractivity contribution in [3.8, 4) is 5.75 Å². The number of nitrogens with zero attached hydrogens (tertiary/aromatic N) is 1. The summed E-state index contributed by atoms with van der Waals surface area (Å²) in [5, 5.41) is 3.35. The van der Waals surface area contributed by atoms with E-state index < -0.39 is 0 Å². The monoisotopic (exact) mass is 234 g/mol. The van der Waals surface area contributed by atoms with Crippen molar-refractivity contribution >= 4 is 0 Å². The Bertz CT molecular complexity index is 347. The molecule has 0 amide bonds. The van der Waals surface area contributed by atoms with Crippen LogP contribution in [0.5, 0.6) is 5.75 Å². The third kappa shape index (κ3) is 3.43. The highest BCUT2D eigenvalue weighted by molar-refractivity contribution is 5.23. The van der Waals surface area contributed by atoms with Crippen LogP contribution in [0, 0.1) is 0 Å². The summed E-state index contributed by atoms with van der Waals surface area (Å²) in [5.74, 6) is 0.881. The number of hydrogen-bond acceptors (Lipinski definition) is 3. The van der Waals surface area contributed by atoms with Crippen molar-refractivity contribution < 1.29 is 4.74 Å². The maximum Gasteiger partial charge on any atom is 0.138 e. The number of piperidine rings is 1. The molecule has 3 heteroatoms. The van der Waals surface area contributed by atoms with Gasteiger partial charge in [0, 0.05) is 17.7 Å². The smallest absolute Gasteiger partial charge is 0.138 e. The summed E-state index contributed by atoms with van der Waals surface area (Å²) in [5.41, 5.74) is 1.21. The summed E-state index contributed by atoms with van der Waals surface area (Å²) in [4.78, 5) is 4.47. The average molecular weight is 234 g/mol. The fourth-order valence-electron chi connectivity index (χ4n) is 2.01. The minimum atomic E-state index is 0.102. The van der Waals surface area contributed by atoms with E-state index >= 15 is 0 Å². The lowest BCUT2D eigenvalue weighted by Gasteiger charge is -2.24. The second-order valence-electron chi connectivity index (χ2n) is 5.72. The quantitative estimate of drug-likeness (QED) is 0.853. The van der Waals surface area contributed by atoms with Crippen LogP contribution in [-0.2, 0) is 5.41 Å².